The summed E-state index contributed by atoms with van der Waals surface area (Å²) in [5, 5.41) is 3.33. The number of ether oxygens (including phenoxy) is 1. The van der Waals surface area contributed by atoms with Crippen LogP contribution >= 0.6 is 11.8 Å². The number of amides is 1. The molecule has 0 spiro atoms. The molecule has 0 bridgehead atoms. The molecule has 0 aliphatic carbocycles. The molecule has 2 atom stereocenters. The van der Waals surface area contributed by atoms with Gasteiger partial charge in [-0.2, -0.15) is 11.8 Å². The largest absolute Gasteiger partial charge is 0.457 e. The van der Waals surface area contributed by atoms with Gasteiger partial charge in [0.25, 0.3) is 0 Å². The molecular formula is C29H44N2O3S. The lowest BCUT2D eigenvalue weighted by molar-refractivity contribution is -0.134. The van der Waals surface area contributed by atoms with E-state index in [4.69, 9.17) is 4.74 Å². The monoisotopic (exact) mass is 500 g/mol. The number of carbonyl (C=O) groups is 2. The van der Waals surface area contributed by atoms with Crippen LogP contribution in [0.25, 0.3) is 0 Å². The molecule has 1 amide bonds. The summed E-state index contributed by atoms with van der Waals surface area (Å²) < 4.78 is 5.42. The predicted octanol–water partition coefficient (Wildman–Crippen LogP) is 6.17. The van der Waals surface area contributed by atoms with Gasteiger partial charge in [0, 0.05) is 44.3 Å². The first-order valence-electron chi connectivity index (χ1n) is 13.3. The zero-order valence-electron chi connectivity index (χ0n) is 22.6. The summed E-state index contributed by atoms with van der Waals surface area (Å²) >= 11 is 2.00. The summed E-state index contributed by atoms with van der Waals surface area (Å²) in [6, 6.07) is 0. The second kappa shape index (κ2) is 12.8. The molecule has 2 heterocycles. The number of anilines is 1. The van der Waals surface area contributed by atoms with Gasteiger partial charge in [0.05, 0.1) is 11.3 Å². The molecule has 1 saturated heterocycles. The number of unbranched alkanes of at least 4 members (excludes halogenated alkanes) is 2. The van der Waals surface area contributed by atoms with E-state index in [0.717, 1.165) is 67.7 Å². The van der Waals surface area contributed by atoms with E-state index < -0.39 is 0 Å². The van der Waals surface area contributed by atoms with Crippen molar-refractivity contribution in [1.82, 2.24) is 4.90 Å². The molecule has 2 aliphatic heterocycles. The van der Waals surface area contributed by atoms with Crippen LogP contribution in [-0.4, -0.2) is 49.4 Å². The van der Waals surface area contributed by atoms with Crippen LogP contribution in [0.1, 0.15) is 85.0 Å². The van der Waals surface area contributed by atoms with E-state index in [1.54, 1.807) is 4.90 Å². The molecule has 5 nitrogen and oxygen atoms in total. The van der Waals surface area contributed by atoms with Crippen molar-refractivity contribution in [3.63, 3.8) is 0 Å². The van der Waals surface area contributed by atoms with Gasteiger partial charge in [0.2, 0.25) is 5.91 Å². The molecule has 1 fully saturated rings. The zero-order chi connectivity index (χ0) is 25.5. The first-order chi connectivity index (χ1) is 16.8. The molecule has 2 aliphatic rings. The number of hydrogen-bond donors (Lipinski definition) is 1. The van der Waals surface area contributed by atoms with Crippen molar-refractivity contribution < 1.29 is 14.3 Å². The first kappa shape index (κ1) is 27.6. The Balaban J connectivity index is 2.01. The smallest absolute Gasteiger partial charge is 0.341 e. The van der Waals surface area contributed by atoms with Gasteiger partial charge in [0.1, 0.15) is 6.61 Å². The number of hydrogen-bond acceptors (Lipinski definition) is 5. The SMILES string of the molecule is CCCCCC(C(=O)N(C)C)C1CSCCCC1=CCc1c(CC)c(C)c2c(c1NC)C(=O)OC2. The number of benzene rings is 1. The Kier molecular flexibility index (Phi) is 10.1. The number of fused-ring (bicyclic) bond motifs is 1. The number of thioether (sulfide) groups is 1. The van der Waals surface area contributed by atoms with Gasteiger partial charge >= 0.3 is 5.97 Å². The fraction of sp³-hybridized carbons (Fsp3) is 0.655. The summed E-state index contributed by atoms with van der Waals surface area (Å²) in [6.45, 7) is 6.90. The Morgan fingerprint density at radius 2 is 2.03 bits per heavy atom. The van der Waals surface area contributed by atoms with Gasteiger partial charge in [-0.05, 0) is 61.5 Å². The number of nitrogens with one attached hydrogen (secondary N) is 1. The Hall–Kier alpha value is -1.95. The second-order valence-corrected chi connectivity index (χ2v) is 11.2. The Morgan fingerprint density at radius 3 is 2.69 bits per heavy atom. The minimum atomic E-state index is -0.222. The highest BCUT2D eigenvalue weighted by atomic mass is 32.2. The molecule has 0 aromatic heterocycles. The average molecular weight is 501 g/mol. The highest BCUT2D eigenvalue weighted by molar-refractivity contribution is 7.99. The lowest BCUT2D eigenvalue weighted by atomic mass is 9.80. The van der Waals surface area contributed by atoms with Crippen molar-refractivity contribution >= 4 is 29.3 Å². The third kappa shape index (κ3) is 6.07. The number of rotatable bonds is 10. The van der Waals surface area contributed by atoms with E-state index in [1.807, 2.05) is 32.9 Å². The van der Waals surface area contributed by atoms with Crippen molar-refractivity contribution in [3.05, 3.63) is 39.5 Å². The molecule has 0 saturated carbocycles. The van der Waals surface area contributed by atoms with Gasteiger partial charge in [-0.15, -0.1) is 0 Å². The maximum Gasteiger partial charge on any atom is 0.341 e. The minimum Gasteiger partial charge on any atom is -0.457 e. The molecule has 35 heavy (non-hydrogen) atoms. The summed E-state index contributed by atoms with van der Waals surface area (Å²) in [4.78, 5) is 27.7. The first-order valence-corrected chi connectivity index (χ1v) is 14.5. The lowest BCUT2D eigenvalue weighted by Gasteiger charge is -2.30. The normalized spacial score (nSPS) is 19.8. The van der Waals surface area contributed by atoms with Crippen molar-refractivity contribution in [2.45, 2.75) is 78.7 Å². The molecule has 2 unspecified atom stereocenters. The molecule has 1 aromatic rings. The maximum absolute atomic E-state index is 13.3. The fourth-order valence-corrected chi connectivity index (χ4v) is 7.04. The third-order valence-corrected chi connectivity index (χ3v) is 8.91. The van der Waals surface area contributed by atoms with Crippen LogP contribution in [0.5, 0.6) is 0 Å². The molecule has 1 N–H and O–H groups in total. The van der Waals surface area contributed by atoms with Crippen LogP contribution in [-0.2, 0) is 29.0 Å². The van der Waals surface area contributed by atoms with Crippen molar-refractivity contribution in [2.75, 3.05) is 38.0 Å². The van der Waals surface area contributed by atoms with Crippen LogP contribution in [0.3, 0.4) is 0 Å². The second-order valence-electron chi connectivity index (χ2n) is 10.1. The van der Waals surface area contributed by atoms with Crippen LogP contribution in [0, 0.1) is 18.8 Å². The number of esters is 1. The molecule has 3 rings (SSSR count). The van der Waals surface area contributed by atoms with E-state index in [0.29, 0.717) is 12.2 Å². The molecule has 1 aromatic carbocycles. The third-order valence-electron chi connectivity index (χ3n) is 7.74. The van der Waals surface area contributed by atoms with Crippen molar-refractivity contribution in [3.8, 4) is 0 Å². The van der Waals surface area contributed by atoms with Gasteiger partial charge < -0.3 is 15.0 Å². The van der Waals surface area contributed by atoms with Crippen LogP contribution in [0.4, 0.5) is 5.69 Å². The number of allylic oxidation sites excluding steroid dienone is 2. The average Bonchev–Trinajstić information content (AvgIpc) is 3.08. The maximum atomic E-state index is 13.3. The van der Waals surface area contributed by atoms with E-state index in [2.05, 4.69) is 32.2 Å². The summed E-state index contributed by atoms with van der Waals surface area (Å²) in [5.41, 5.74) is 7.80. The van der Waals surface area contributed by atoms with Gasteiger partial charge in [-0.3, -0.25) is 4.79 Å². The highest BCUT2D eigenvalue weighted by Crippen LogP contribution is 2.39. The number of carbonyl (C=O) groups excluding carboxylic acids is 2. The van der Waals surface area contributed by atoms with Crippen LogP contribution < -0.4 is 5.32 Å². The topological polar surface area (TPSA) is 58.6 Å². The van der Waals surface area contributed by atoms with Crippen LogP contribution in [0.2, 0.25) is 0 Å². The van der Waals surface area contributed by atoms with Crippen molar-refractivity contribution in [1.29, 1.82) is 0 Å². The fourth-order valence-electron chi connectivity index (χ4n) is 5.83. The molecular weight excluding hydrogens is 456 g/mol. The van der Waals surface area contributed by atoms with Gasteiger partial charge in [-0.25, -0.2) is 4.79 Å². The molecule has 194 valence electrons. The standard InChI is InChI=1S/C29H44N2O3S/c1-7-9-10-13-23(28(32)31(5)6)25-18-35-16-11-12-20(25)14-15-22-21(8-2)19(3)24-17-34-29(33)26(24)27(22)30-4/h14,23,25,30H,7-13,15-18H2,1-6H3. The van der Waals surface area contributed by atoms with E-state index in [9.17, 15) is 9.59 Å². The quantitative estimate of drug-likeness (QED) is 0.237. The van der Waals surface area contributed by atoms with E-state index in [-0.39, 0.29) is 23.7 Å². The predicted molar refractivity (Wildman–Crippen MR) is 147 cm³/mol. The van der Waals surface area contributed by atoms with E-state index >= 15 is 0 Å². The minimum absolute atomic E-state index is 0.0413. The summed E-state index contributed by atoms with van der Waals surface area (Å²) in [6.07, 6.45) is 10.7. The molecule has 6 heteroatoms. The highest BCUT2D eigenvalue weighted by Gasteiger charge is 2.33. The number of cyclic esters (lactones) is 1. The lowest BCUT2D eigenvalue weighted by Crippen LogP contribution is -2.36. The Labute approximate surface area is 216 Å². The molecule has 0 radical (unpaired) electrons. The van der Waals surface area contributed by atoms with Gasteiger partial charge in [0.15, 0.2) is 0 Å². The van der Waals surface area contributed by atoms with E-state index in [1.165, 1.54) is 28.7 Å². The summed E-state index contributed by atoms with van der Waals surface area (Å²) in [5.74, 6) is 2.52. The number of nitrogens with zero attached hydrogens (tertiary/aromatic N) is 1. The van der Waals surface area contributed by atoms with Crippen LogP contribution in [0.15, 0.2) is 11.6 Å². The summed E-state index contributed by atoms with van der Waals surface area (Å²) in [7, 11) is 5.68. The van der Waals surface area contributed by atoms with Crippen molar-refractivity contribution in [2.24, 2.45) is 11.8 Å². The zero-order valence-corrected chi connectivity index (χ0v) is 23.4. The van der Waals surface area contributed by atoms with Gasteiger partial charge in [-0.1, -0.05) is 44.8 Å². The Bertz CT molecular complexity index is 954. The Morgan fingerprint density at radius 1 is 1.26 bits per heavy atom.